The van der Waals surface area contributed by atoms with Gasteiger partial charge in [-0.1, -0.05) is 18.5 Å². The van der Waals surface area contributed by atoms with Crippen LogP contribution in [-0.2, 0) is 0 Å². The van der Waals surface area contributed by atoms with Crippen molar-refractivity contribution in [2.75, 3.05) is 0 Å². The SMILES string of the molecule is SC#Cc1ccc2oc(C3CC3)nc2c1. The minimum absolute atomic E-state index is 0.553. The molecule has 1 saturated carbocycles. The second kappa shape index (κ2) is 3.32. The first-order chi connectivity index (χ1) is 7.36. The molecule has 1 aliphatic rings. The summed E-state index contributed by atoms with van der Waals surface area (Å²) in [6.07, 6.45) is 2.41. The smallest absolute Gasteiger partial charge is 0.198 e. The Morgan fingerprint density at radius 2 is 2.27 bits per heavy atom. The van der Waals surface area contributed by atoms with E-state index >= 15 is 0 Å². The average molecular weight is 215 g/mol. The third-order valence-electron chi connectivity index (χ3n) is 2.53. The molecule has 0 saturated heterocycles. The number of hydrogen-bond acceptors (Lipinski definition) is 3. The number of benzene rings is 1. The van der Waals surface area contributed by atoms with Crippen LogP contribution in [0.2, 0.25) is 0 Å². The molecule has 1 fully saturated rings. The fraction of sp³-hybridized carbons (Fsp3) is 0.250. The topological polar surface area (TPSA) is 26.0 Å². The fourth-order valence-electron chi connectivity index (χ4n) is 1.59. The van der Waals surface area contributed by atoms with E-state index in [9.17, 15) is 0 Å². The van der Waals surface area contributed by atoms with Gasteiger partial charge in [-0.25, -0.2) is 4.98 Å². The lowest BCUT2D eigenvalue weighted by Crippen LogP contribution is -1.76. The lowest BCUT2D eigenvalue weighted by atomic mass is 10.2. The predicted octanol–water partition coefficient (Wildman–Crippen LogP) is 2.94. The maximum Gasteiger partial charge on any atom is 0.198 e. The Labute approximate surface area is 93.1 Å². The van der Waals surface area contributed by atoms with Crippen LogP contribution in [0.4, 0.5) is 0 Å². The molecule has 0 aliphatic heterocycles. The number of fused-ring (bicyclic) bond motifs is 1. The van der Waals surface area contributed by atoms with E-state index in [1.165, 1.54) is 12.8 Å². The predicted molar refractivity (Wildman–Crippen MR) is 61.8 cm³/mol. The highest BCUT2D eigenvalue weighted by Crippen LogP contribution is 2.40. The molecule has 0 bridgehead atoms. The summed E-state index contributed by atoms with van der Waals surface area (Å²) in [6.45, 7) is 0. The zero-order valence-electron chi connectivity index (χ0n) is 8.03. The van der Waals surface area contributed by atoms with Crippen molar-refractivity contribution >= 4 is 23.7 Å². The standard InChI is InChI=1S/C12H9NOS/c15-6-5-8-1-4-11-10(7-8)13-12(14-11)9-2-3-9/h1,4,7,9,15H,2-3H2. The molecular weight excluding hydrogens is 206 g/mol. The Morgan fingerprint density at radius 1 is 1.40 bits per heavy atom. The van der Waals surface area contributed by atoms with Crippen LogP contribution in [0.5, 0.6) is 0 Å². The average Bonchev–Trinajstić information content (AvgIpc) is 2.99. The van der Waals surface area contributed by atoms with Crippen molar-refractivity contribution in [3.8, 4) is 11.2 Å². The minimum atomic E-state index is 0.553. The molecule has 2 nitrogen and oxygen atoms in total. The van der Waals surface area contributed by atoms with E-state index in [4.69, 9.17) is 4.42 Å². The van der Waals surface area contributed by atoms with E-state index in [1.54, 1.807) is 0 Å². The summed E-state index contributed by atoms with van der Waals surface area (Å²) in [5, 5.41) is 2.58. The molecule has 2 aromatic rings. The van der Waals surface area contributed by atoms with Crippen LogP contribution in [0.1, 0.15) is 30.2 Å². The molecule has 0 atom stereocenters. The second-order valence-corrected chi connectivity index (χ2v) is 3.97. The van der Waals surface area contributed by atoms with Crippen molar-refractivity contribution in [2.45, 2.75) is 18.8 Å². The van der Waals surface area contributed by atoms with Crippen molar-refractivity contribution in [2.24, 2.45) is 0 Å². The molecule has 3 rings (SSSR count). The van der Waals surface area contributed by atoms with Gasteiger partial charge in [0.05, 0.1) is 0 Å². The summed E-state index contributed by atoms with van der Waals surface area (Å²) in [6, 6.07) is 5.78. The summed E-state index contributed by atoms with van der Waals surface area (Å²) < 4.78 is 5.65. The van der Waals surface area contributed by atoms with Crippen molar-refractivity contribution in [1.82, 2.24) is 4.98 Å². The van der Waals surface area contributed by atoms with E-state index in [0.717, 1.165) is 22.6 Å². The Kier molecular flexibility index (Phi) is 1.96. The molecule has 0 radical (unpaired) electrons. The van der Waals surface area contributed by atoms with Crippen molar-refractivity contribution in [1.29, 1.82) is 0 Å². The second-order valence-electron chi connectivity index (χ2n) is 3.75. The molecular formula is C12H9NOS. The monoisotopic (exact) mass is 215 g/mol. The van der Waals surface area contributed by atoms with Crippen molar-refractivity contribution in [3.05, 3.63) is 29.7 Å². The number of aromatic nitrogens is 1. The number of hydrogen-bond donors (Lipinski definition) is 1. The summed E-state index contributed by atoms with van der Waals surface area (Å²) in [4.78, 5) is 4.46. The Bertz CT molecular complexity index is 572. The van der Waals surface area contributed by atoms with Gasteiger partial charge >= 0.3 is 0 Å². The molecule has 0 unspecified atom stereocenters. The van der Waals surface area contributed by atoms with Crippen LogP contribution in [0.3, 0.4) is 0 Å². The van der Waals surface area contributed by atoms with E-state index in [2.05, 4.69) is 28.8 Å². The molecule has 74 valence electrons. The zero-order chi connectivity index (χ0) is 10.3. The summed E-state index contributed by atoms with van der Waals surface area (Å²) in [7, 11) is 0. The molecule has 1 aliphatic carbocycles. The van der Waals surface area contributed by atoms with Gasteiger partial charge in [0.25, 0.3) is 0 Å². The van der Waals surface area contributed by atoms with Crippen LogP contribution in [0.15, 0.2) is 22.6 Å². The Morgan fingerprint density at radius 3 is 3.00 bits per heavy atom. The van der Waals surface area contributed by atoms with Gasteiger partial charge in [-0.3, -0.25) is 0 Å². The van der Waals surface area contributed by atoms with Crippen LogP contribution < -0.4 is 0 Å². The minimum Gasteiger partial charge on any atom is -0.440 e. The van der Waals surface area contributed by atoms with Gasteiger partial charge in [-0.2, -0.15) is 0 Å². The zero-order valence-corrected chi connectivity index (χ0v) is 8.92. The van der Waals surface area contributed by atoms with E-state index < -0.39 is 0 Å². The molecule has 1 aromatic heterocycles. The maximum absolute atomic E-state index is 5.65. The van der Waals surface area contributed by atoms with Crippen LogP contribution in [0.25, 0.3) is 11.1 Å². The van der Waals surface area contributed by atoms with Gasteiger partial charge in [0.15, 0.2) is 11.5 Å². The highest BCUT2D eigenvalue weighted by Gasteiger charge is 2.28. The normalized spacial score (nSPS) is 15.0. The first kappa shape index (κ1) is 8.87. The summed E-state index contributed by atoms with van der Waals surface area (Å²) in [5.41, 5.74) is 2.67. The van der Waals surface area contributed by atoms with E-state index in [0.29, 0.717) is 5.92 Å². The number of thiol groups is 1. The lowest BCUT2D eigenvalue weighted by molar-refractivity contribution is 0.533. The lowest BCUT2D eigenvalue weighted by Gasteiger charge is -1.87. The maximum atomic E-state index is 5.65. The first-order valence-corrected chi connectivity index (χ1v) is 5.37. The van der Waals surface area contributed by atoms with Crippen LogP contribution >= 0.6 is 12.6 Å². The van der Waals surface area contributed by atoms with Gasteiger partial charge in [-0.15, -0.1) is 0 Å². The summed E-state index contributed by atoms with van der Waals surface area (Å²) >= 11 is 3.87. The highest BCUT2D eigenvalue weighted by atomic mass is 32.1. The molecule has 15 heavy (non-hydrogen) atoms. The Hall–Kier alpha value is -1.40. The molecule has 0 spiro atoms. The van der Waals surface area contributed by atoms with Crippen molar-refractivity contribution < 1.29 is 4.42 Å². The third kappa shape index (κ3) is 1.62. The third-order valence-corrected chi connectivity index (χ3v) is 2.64. The van der Waals surface area contributed by atoms with Gasteiger partial charge in [0.2, 0.25) is 0 Å². The Balaban J connectivity index is 2.12. The molecule has 3 heteroatoms. The van der Waals surface area contributed by atoms with Gasteiger partial charge in [0.1, 0.15) is 5.52 Å². The highest BCUT2D eigenvalue weighted by molar-refractivity contribution is 7.85. The quantitative estimate of drug-likeness (QED) is 0.584. The van der Waals surface area contributed by atoms with Gasteiger partial charge in [0, 0.05) is 11.5 Å². The van der Waals surface area contributed by atoms with Gasteiger partial charge < -0.3 is 4.42 Å². The molecule has 1 aromatic carbocycles. The van der Waals surface area contributed by atoms with E-state index in [1.807, 2.05) is 18.2 Å². The van der Waals surface area contributed by atoms with Gasteiger partial charge in [-0.05, 0) is 36.3 Å². The number of rotatable bonds is 1. The first-order valence-electron chi connectivity index (χ1n) is 4.92. The van der Waals surface area contributed by atoms with Crippen LogP contribution in [0, 0.1) is 11.2 Å². The van der Waals surface area contributed by atoms with Crippen molar-refractivity contribution in [3.63, 3.8) is 0 Å². The summed E-state index contributed by atoms with van der Waals surface area (Å²) in [5.74, 6) is 4.31. The molecule has 0 N–H and O–H groups in total. The fourth-order valence-corrected chi connectivity index (χ4v) is 1.72. The van der Waals surface area contributed by atoms with Crippen LogP contribution in [-0.4, -0.2) is 4.98 Å². The van der Waals surface area contributed by atoms with E-state index in [-0.39, 0.29) is 0 Å². The molecule has 1 heterocycles. The molecule has 0 amide bonds. The largest absolute Gasteiger partial charge is 0.440 e. The number of oxazole rings is 1. The number of nitrogens with zero attached hydrogens (tertiary/aromatic N) is 1.